The normalized spacial score (nSPS) is 10.2. The summed E-state index contributed by atoms with van der Waals surface area (Å²) < 4.78 is 0.897. The Morgan fingerprint density at radius 1 is 1.20 bits per heavy atom. The van der Waals surface area contributed by atoms with E-state index in [1.165, 1.54) is 11.3 Å². The number of ketones is 1. The molecule has 1 nitrogen and oxygen atoms in total. The van der Waals surface area contributed by atoms with Crippen LogP contribution in [0.3, 0.4) is 0 Å². The Bertz CT molecular complexity index is 461. The Morgan fingerprint density at radius 2 is 1.93 bits per heavy atom. The number of carbonyl (C=O) groups is 1. The quantitative estimate of drug-likeness (QED) is 0.779. The van der Waals surface area contributed by atoms with Crippen molar-refractivity contribution in [3.8, 4) is 0 Å². The van der Waals surface area contributed by atoms with Crippen molar-refractivity contribution in [2.45, 2.75) is 6.42 Å². The molecule has 0 saturated heterocycles. The minimum atomic E-state index is 0.170. The zero-order valence-corrected chi connectivity index (χ0v) is 10.3. The predicted octanol–water partition coefficient (Wildman–Crippen LogP) is 3.94. The van der Waals surface area contributed by atoms with E-state index in [0.717, 1.165) is 14.9 Å². The molecule has 0 N–H and O–H groups in total. The van der Waals surface area contributed by atoms with E-state index in [-0.39, 0.29) is 5.78 Å². The second-order valence-electron chi connectivity index (χ2n) is 3.18. The molecule has 2 rings (SSSR count). The molecule has 1 aromatic heterocycles. The zero-order chi connectivity index (χ0) is 10.7. The van der Waals surface area contributed by atoms with Crippen LogP contribution in [-0.2, 0) is 6.42 Å². The third-order valence-electron chi connectivity index (χ3n) is 2.08. The predicted molar refractivity (Wildman–Crippen MR) is 66.5 cm³/mol. The summed E-state index contributed by atoms with van der Waals surface area (Å²) in [6, 6.07) is 11.7. The SMILES string of the molecule is O=C(Cc1ccccc1)c1sccc1Br. The van der Waals surface area contributed by atoms with E-state index in [0.29, 0.717) is 6.42 Å². The Labute approximate surface area is 101 Å². The molecule has 0 radical (unpaired) electrons. The van der Waals surface area contributed by atoms with Crippen molar-refractivity contribution in [3.63, 3.8) is 0 Å². The molecule has 0 amide bonds. The first-order valence-corrected chi connectivity index (χ1v) is 6.25. The second-order valence-corrected chi connectivity index (χ2v) is 4.95. The van der Waals surface area contributed by atoms with Crippen LogP contribution in [0, 0.1) is 0 Å². The Kier molecular flexibility index (Phi) is 3.34. The highest BCUT2D eigenvalue weighted by molar-refractivity contribution is 9.10. The van der Waals surface area contributed by atoms with Gasteiger partial charge in [-0.15, -0.1) is 11.3 Å². The Hall–Kier alpha value is -0.930. The van der Waals surface area contributed by atoms with Crippen LogP contribution in [0.2, 0.25) is 0 Å². The van der Waals surface area contributed by atoms with Gasteiger partial charge >= 0.3 is 0 Å². The monoisotopic (exact) mass is 280 g/mol. The fourth-order valence-corrected chi connectivity index (χ4v) is 2.89. The summed E-state index contributed by atoms with van der Waals surface area (Å²) in [5.41, 5.74) is 1.06. The number of carbonyl (C=O) groups excluding carboxylic acids is 1. The van der Waals surface area contributed by atoms with Gasteiger partial charge in [-0.1, -0.05) is 30.3 Å². The van der Waals surface area contributed by atoms with Crippen molar-refractivity contribution in [2.24, 2.45) is 0 Å². The summed E-state index contributed by atoms with van der Waals surface area (Å²) in [6.07, 6.45) is 0.472. The van der Waals surface area contributed by atoms with Gasteiger partial charge in [-0.25, -0.2) is 0 Å². The maximum atomic E-state index is 11.9. The van der Waals surface area contributed by atoms with Gasteiger partial charge in [0, 0.05) is 10.9 Å². The number of halogens is 1. The van der Waals surface area contributed by atoms with Gasteiger partial charge in [-0.3, -0.25) is 4.79 Å². The summed E-state index contributed by atoms with van der Waals surface area (Å²) in [6.45, 7) is 0. The van der Waals surface area contributed by atoms with Crippen molar-refractivity contribution in [1.82, 2.24) is 0 Å². The summed E-state index contributed by atoms with van der Waals surface area (Å²) in [5.74, 6) is 0.170. The smallest absolute Gasteiger partial charge is 0.178 e. The Morgan fingerprint density at radius 3 is 2.53 bits per heavy atom. The van der Waals surface area contributed by atoms with Gasteiger partial charge in [0.2, 0.25) is 0 Å². The van der Waals surface area contributed by atoms with Crippen LogP contribution in [0.5, 0.6) is 0 Å². The number of rotatable bonds is 3. The molecule has 1 heterocycles. The summed E-state index contributed by atoms with van der Waals surface area (Å²) in [4.78, 5) is 12.7. The minimum Gasteiger partial charge on any atom is -0.293 e. The molecule has 2 aromatic rings. The highest BCUT2D eigenvalue weighted by Crippen LogP contribution is 2.24. The van der Waals surface area contributed by atoms with Gasteiger partial charge in [0.15, 0.2) is 5.78 Å². The van der Waals surface area contributed by atoms with Crippen LogP contribution in [0.4, 0.5) is 0 Å². The highest BCUT2D eigenvalue weighted by Gasteiger charge is 2.11. The standard InChI is InChI=1S/C12H9BrOS/c13-10-6-7-15-12(10)11(14)8-9-4-2-1-3-5-9/h1-7H,8H2. The molecule has 76 valence electrons. The molecule has 0 aliphatic rings. The average Bonchev–Trinajstić information content (AvgIpc) is 2.66. The van der Waals surface area contributed by atoms with Crippen LogP contribution in [-0.4, -0.2) is 5.78 Å². The fourth-order valence-electron chi connectivity index (χ4n) is 1.35. The molecule has 0 atom stereocenters. The second kappa shape index (κ2) is 4.73. The number of thiophene rings is 1. The third kappa shape index (κ3) is 2.55. The van der Waals surface area contributed by atoms with Crippen molar-refractivity contribution in [2.75, 3.05) is 0 Å². The molecule has 1 aromatic carbocycles. The van der Waals surface area contributed by atoms with E-state index < -0.39 is 0 Å². The lowest BCUT2D eigenvalue weighted by Gasteiger charge is -1.99. The van der Waals surface area contributed by atoms with Crippen LogP contribution in [0.25, 0.3) is 0 Å². The van der Waals surface area contributed by atoms with E-state index in [4.69, 9.17) is 0 Å². The first-order chi connectivity index (χ1) is 7.27. The van der Waals surface area contributed by atoms with E-state index in [1.807, 2.05) is 41.8 Å². The summed E-state index contributed by atoms with van der Waals surface area (Å²) in [7, 11) is 0. The maximum Gasteiger partial charge on any atom is 0.178 e. The van der Waals surface area contributed by atoms with E-state index in [9.17, 15) is 4.79 Å². The summed E-state index contributed by atoms with van der Waals surface area (Å²) >= 11 is 4.85. The molecule has 0 saturated carbocycles. The average molecular weight is 281 g/mol. The molecule has 15 heavy (non-hydrogen) atoms. The zero-order valence-electron chi connectivity index (χ0n) is 7.94. The number of hydrogen-bond acceptors (Lipinski definition) is 2. The highest BCUT2D eigenvalue weighted by atomic mass is 79.9. The van der Waals surface area contributed by atoms with E-state index in [2.05, 4.69) is 15.9 Å². The van der Waals surface area contributed by atoms with Crippen molar-refractivity contribution >= 4 is 33.0 Å². The fraction of sp³-hybridized carbons (Fsp3) is 0.0833. The third-order valence-corrected chi connectivity index (χ3v) is 3.96. The van der Waals surface area contributed by atoms with Gasteiger partial charge < -0.3 is 0 Å². The topological polar surface area (TPSA) is 17.1 Å². The van der Waals surface area contributed by atoms with Crippen molar-refractivity contribution in [1.29, 1.82) is 0 Å². The molecule has 0 spiro atoms. The molecule has 0 fully saturated rings. The molecule has 0 aliphatic heterocycles. The van der Waals surface area contributed by atoms with Crippen LogP contribution < -0.4 is 0 Å². The number of benzene rings is 1. The first-order valence-electron chi connectivity index (χ1n) is 4.57. The van der Waals surface area contributed by atoms with Gasteiger partial charge in [-0.05, 0) is 32.9 Å². The maximum absolute atomic E-state index is 11.9. The minimum absolute atomic E-state index is 0.170. The van der Waals surface area contributed by atoms with Crippen molar-refractivity contribution < 1.29 is 4.79 Å². The lowest BCUT2D eigenvalue weighted by molar-refractivity contribution is 0.0996. The molecular weight excluding hydrogens is 272 g/mol. The molecule has 0 aliphatic carbocycles. The number of hydrogen-bond donors (Lipinski definition) is 0. The van der Waals surface area contributed by atoms with Gasteiger partial charge in [0.1, 0.15) is 0 Å². The van der Waals surface area contributed by atoms with Gasteiger partial charge in [0.25, 0.3) is 0 Å². The van der Waals surface area contributed by atoms with Crippen LogP contribution in [0.1, 0.15) is 15.2 Å². The lowest BCUT2D eigenvalue weighted by Crippen LogP contribution is -2.01. The molecule has 0 unspecified atom stereocenters. The Balaban J connectivity index is 2.15. The van der Waals surface area contributed by atoms with Crippen LogP contribution in [0.15, 0.2) is 46.3 Å². The van der Waals surface area contributed by atoms with E-state index >= 15 is 0 Å². The van der Waals surface area contributed by atoms with Crippen molar-refractivity contribution in [3.05, 3.63) is 56.7 Å². The largest absolute Gasteiger partial charge is 0.293 e. The molecule has 0 bridgehead atoms. The lowest BCUT2D eigenvalue weighted by atomic mass is 10.1. The van der Waals surface area contributed by atoms with E-state index in [1.54, 1.807) is 0 Å². The van der Waals surface area contributed by atoms with Crippen LogP contribution >= 0.6 is 27.3 Å². The number of Topliss-reactive ketones (excluding diaryl/α,β-unsaturated/α-hetero) is 1. The van der Waals surface area contributed by atoms with Gasteiger partial charge in [-0.2, -0.15) is 0 Å². The first kappa shape index (κ1) is 10.6. The molecule has 3 heteroatoms. The summed E-state index contributed by atoms with van der Waals surface area (Å²) in [5, 5.41) is 1.92. The molecular formula is C12H9BrOS. The van der Waals surface area contributed by atoms with Gasteiger partial charge in [0.05, 0.1) is 4.88 Å².